The van der Waals surface area contributed by atoms with Gasteiger partial charge < -0.3 is 4.55 Å². The molecule has 0 atom stereocenters. The van der Waals surface area contributed by atoms with Gasteiger partial charge in [-0.25, -0.2) is 8.42 Å². The molecule has 0 spiro atoms. The summed E-state index contributed by atoms with van der Waals surface area (Å²) in [5.41, 5.74) is 1.50. The molecule has 2 rings (SSSR count). The molecule has 0 amide bonds. The maximum absolute atomic E-state index is 11.5. The second-order valence-corrected chi connectivity index (χ2v) is 5.55. The van der Waals surface area contributed by atoms with Crippen molar-refractivity contribution in [1.82, 2.24) is 0 Å². The first-order valence-corrected chi connectivity index (χ1v) is 7.39. The molecule has 0 unspecified atom stereocenters. The molecule has 19 heavy (non-hydrogen) atoms. The van der Waals surface area contributed by atoms with Crippen molar-refractivity contribution in [3.8, 4) is 0 Å². The molecular formula is C14H15NaO3S. The molecule has 96 valence electrons. The molecule has 0 saturated carbocycles. The zero-order valence-electron chi connectivity index (χ0n) is 11.4. The third-order valence-corrected chi connectivity index (χ3v) is 4.14. The Morgan fingerprint density at radius 1 is 1.00 bits per heavy atom. The van der Waals surface area contributed by atoms with Crippen LogP contribution in [0.5, 0.6) is 0 Å². The van der Waals surface area contributed by atoms with Crippen LogP contribution in [0.2, 0.25) is 0 Å². The first kappa shape index (κ1) is 16.7. The summed E-state index contributed by atoms with van der Waals surface area (Å²) in [5, 5.41) is 1.40. The Hall–Kier alpha value is -0.390. The fourth-order valence-corrected chi connectivity index (χ4v) is 3.35. The van der Waals surface area contributed by atoms with Crippen LogP contribution < -0.4 is 29.6 Å². The average Bonchev–Trinajstić information content (AvgIpc) is 2.35. The summed E-state index contributed by atoms with van der Waals surface area (Å²) in [6.07, 6.45) is 1.23. The van der Waals surface area contributed by atoms with Gasteiger partial charge >= 0.3 is 29.6 Å². The molecule has 3 nitrogen and oxygen atoms in total. The molecule has 0 aliphatic carbocycles. The van der Waals surface area contributed by atoms with E-state index in [-0.39, 0.29) is 34.5 Å². The summed E-state index contributed by atoms with van der Waals surface area (Å²) in [4.78, 5) is -0.0417. The van der Waals surface area contributed by atoms with Gasteiger partial charge in [-0.3, -0.25) is 0 Å². The normalized spacial score (nSPS) is 11.3. The average molecular weight is 286 g/mol. The van der Waals surface area contributed by atoms with Crippen molar-refractivity contribution < 1.29 is 42.5 Å². The Kier molecular flexibility index (Phi) is 5.59. The van der Waals surface area contributed by atoms with Gasteiger partial charge in [0.05, 0.1) is 4.90 Å². The second kappa shape index (κ2) is 6.37. The van der Waals surface area contributed by atoms with Gasteiger partial charge in [-0.1, -0.05) is 44.2 Å². The fourth-order valence-electron chi connectivity index (χ4n) is 2.32. The van der Waals surface area contributed by atoms with E-state index in [1.165, 1.54) is 0 Å². The number of rotatable bonds is 3. The van der Waals surface area contributed by atoms with E-state index in [9.17, 15) is 13.0 Å². The largest absolute Gasteiger partial charge is 1.00 e. The van der Waals surface area contributed by atoms with E-state index in [1.54, 1.807) is 6.07 Å². The van der Waals surface area contributed by atoms with Gasteiger partial charge in [0.15, 0.2) is 0 Å². The van der Waals surface area contributed by atoms with Crippen molar-refractivity contribution >= 4 is 20.9 Å². The minimum atomic E-state index is -4.45. The number of benzene rings is 2. The van der Waals surface area contributed by atoms with E-state index in [4.69, 9.17) is 0 Å². The van der Waals surface area contributed by atoms with Crippen LogP contribution in [0.3, 0.4) is 0 Å². The second-order valence-electron chi connectivity index (χ2n) is 4.23. The van der Waals surface area contributed by atoms with Gasteiger partial charge in [0, 0.05) is 5.39 Å². The van der Waals surface area contributed by atoms with E-state index in [1.807, 2.05) is 38.1 Å². The monoisotopic (exact) mass is 286 g/mol. The summed E-state index contributed by atoms with van der Waals surface area (Å²) in [5.74, 6) is 0. The molecule has 0 heterocycles. The molecule has 0 aromatic heterocycles. The Bertz CT molecular complexity index is 693. The number of hydrogen-bond acceptors (Lipinski definition) is 3. The molecule has 2 aromatic carbocycles. The summed E-state index contributed by atoms with van der Waals surface area (Å²) in [7, 11) is -4.45. The first-order valence-electron chi connectivity index (χ1n) is 5.98. The molecule has 0 saturated heterocycles. The smallest absolute Gasteiger partial charge is 0.744 e. The predicted octanol–water partition coefficient (Wildman–Crippen LogP) is -0.127. The quantitative estimate of drug-likeness (QED) is 0.583. The van der Waals surface area contributed by atoms with Crippen molar-refractivity contribution in [3.05, 3.63) is 41.5 Å². The van der Waals surface area contributed by atoms with Crippen LogP contribution in [0.4, 0.5) is 0 Å². The van der Waals surface area contributed by atoms with Gasteiger partial charge in [-0.15, -0.1) is 0 Å². The van der Waals surface area contributed by atoms with Gasteiger partial charge in [0.25, 0.3) is 0 Å². The molecular weight excluding hydrogens is 271 g/mol. The van der Waals surface area contributed by atoms with Crippen LogP contribution >= 0.6 is 0 Å². The Morgan fingerprint density at radius 3 is 2.16 bits per heavy atom. The molecule has 0 aliphatic rings. The van der Waals surface area contributed by atoms with E-state index >= 15 is 0 Å². The molecule has 0 fully saturated rings. The molecule has 0 radical (unpaired) electrons. The predicted molar refractivity (Wildman–Crippen MR) is 70.7 cm³/mol. The van der Waals surface area contributed by atoms with Crippen LogP contribution in [-0.2, 0) is 23.0 Å². The maximum Gasteiger partial charge on any atom is 1.00 e. The minimum Gasteiger partial charge on any atom is -0.744 e. The molecule has 0 bridgehead atoms. The van der Waals surface area contributed by atoms with Crippen LogP contribution in [0.25, 0.3) is 10.8 Å². The number of hydrogen-bond donors (Lipinski definition) is 0. The summed E-state index contributed by atoms with van der Waals surface area (Å²) < 4.78 is 34.6. The topological polar surface area (TPSA) is 57.2 Å². The van der Waals surface area contributed by atoms with Gasteiger partial charge in [-0.05, 0) is 29.4 Å². The van der Waals surface area contributed by atoms with Crippen molar-refractivity contribution in [2.45, 2.75) is 31.6 Å². The first-order chi connectivity index (χ1) is 8.49. The zero-order chi connectivity index (χ0) is 13.3. The molecule has 0 aliphatic heterocycles. The van der Waals surface area contributed by atoms with E-state index in [0.717, 1.165) is 10.9 Å². The van der Waals surface area contributed by atoms with Crippen LogP contribution in [-0.4, -0.2) is 13.0 Å². The summed E-state index contributed by atoms with van der Waals surface area (Å²) in [6, 6.07) is 9.20. The SMILES string of the molecule is CCc1ccc2cccc(CC)c2c1S(=O)(=O)[O-].[Na+]. The zero-order valence-corrected chi connectivity index (χ0v) is 14.3. The van der Waals surface area contributed by atoms with E-state index < -0.39 is 10.1 Å². The third-order valence-electron chi connectivity index (χ3n) is 3.18. The maximum atomic E-state index is 11.5. The Morgan fingerprint density at radius 2 is 1.63 bits per heavy atom. The Balaban J connectivity index is 0.00000180. The van der Waals surface area contributed by atoms with Crippen LogP contribution in [0.1, 0.15) is 25.0 Å². The van der Waals surface area contributed by atoms with Gasteiger partial charge in [0.1, 0.15) is 10.1 Å². The van der Waals surface area contributed by atoms with Crippen molar-refractivity contribution in [2.24, 2.45) is 0 Å². The van der Waals surface area contributed by atoms with Crippen LogP contribution in [0.15, 0.2) is 35.2 Å². The van der Waals surface area contributed by atoms with E-state index in [0.29, 0.717) is 23.8 Å². The van der Waals surface area contributed by atoms with E-state index in [2.05, 4.69) is 0 Å². The minimum absolute atomic E-state index is 0. The molecule has 5 heteroatoms. The number of fused-ring (bicyclic) bond motifs is 1. The van der Waals surface area contributed by atoms with Crippen molar-refractivity contribution in [1.29, 1.82) is 0 Å². The third kappa shape index (κ3) is 3.20. The Labute approximate surface area is 136 Å². The molecule has 2 aromatic rings. The molecule has 0 N–H and O–H groups in total. The summed E-state index contributed by atoms with van der Waals surface area (Å²) in [6.45, 7) is 3.80. The van der Waals surface area contributed by atoms with Crippen molar-refractivity contribution in [2.75, 3.05) is 0 Å². The fraction of sp³-hybridized carbons (Fsp3) is 0.286. The van der Waals surface area contributed by atoms with Crippen LogP contribution in [0, 0.1) is 0 Å². The van der Waals surface area contributed by atoms with Crippen molar-refractivity contribution in [3.63, 3.8) is 0 Å². The van der Waals surface area contributed by atoms with Gasteiger partial charge in [-0.2, -0.15) is 0 Å². The number of aryl methyl sites for hydroxylation is 2. The van der Waals surface area contributed by atoms with Gasteiger partial charge in [0.2, 0.25) is 0 Å². The summed E-state index contributed by atoms with van der Waals surface area (Å²) >= 11 is 0. The standard InChI is InChI=1S/C14H16O3S.Na/c1-3-10-6-5-7-12-9-8-11(4-2)14(13(10)12)18(15,16)17;/h5-9H,3-4H2,1-2H3,(H,15,16,17);/q;+1/p-1.